The third-order valence-electron chi connectivity index (χ3n) is 6.34. The lowest BCUT2D eigenvalue weighted by atomic mass is 9.79. The Balaban J connectivity index is 1.60. The van der Waals surface area contributed by atoms with Crippen molar-refractivity contribution in [2.75, 3.05) is 0 Å². The normalized spacial score (nSPS) is 14.4. The summed E-state index contributed by atoms with van der Waals surface area (Å²) in [7, 11) is 0. The van der Waals surface area contributed by atoms with Gasteiger partial charge in [0.2, 0.25) is 0 Å². The molecular weight excluding hydrogens is 443 g/mol. The number of rotatable bonds is 7. The summed E-state index contributed by atoms with van der Waals surface area (Å²) < 4.78 is 42.3. The van der Waals surface area contributed by atoms with E-state index in [2.05, 4.69) is 5.10 Å². The summed E-state index contributed by atoms with van der Waals surface area (Å²) in [6.45, 7) is 7.19. The average molecular weight is 472 g/mol. The molecule has 34 heavy (non-hydrogen) atoms. The Labute approximate surface area is 196 Å². The Morgan fingerprint density at radius 3 is 2.35 bits per heavy atom. The predicted molar refractivity (Wildman–Crippen MR) is 124 cm³/mol. The average Bonchev–Trinajstić information content (AvgIpc) is 3.52. The van der Waals surface area contributed by atoms with Gasteiger partial charge in [-0.15, -0.1) is 5.10 Å². The second-order valence-corrected chi connectivity index (χ2v) is 9.86. The number of halogens is 3. The van der Waals surface area contributed by atoms with Gasteiger partial charge in [-0.1, -0.05) is 55.8 Å². The van der Waals surface area contributed by atoms with Crippen LogP contribution in [-0.4, -0.2) is 20.1 Å². The molecule has 1 fully saturated rings. The van der Waals surface area contributed by atoms with Gasteiger partial charge in [0.15, 0.2) is 11.6 Å². The number of Topliss-reactive ketones (excluding diaryl/α,β-unsaturated/α-hetero) is 1. The fraction of sp³-hybridized carbons (Fsp3) is 0.423. The van der Waals surface area contributed by atoms with E-state index in [1.54, 1.807) is 24.5 Å². The predicted octanol–water partition coefficient (Wildman–Crippen LogP) is 5.62. The summed E-state index contributed by atoms with van der Waals surface area (Å²) >= 11 is 0. The van der Waals surface area contributed by atoms with E-state index in [9.17, 15) is 22.8 Å². The van der Waals surface area contributed by atoms with Gasteiger partial charge in [-0.25, -0.2) is 9.48 Å². The van der Waals surface area contributed by atoms with Gasteiger partial charge in [-0.05, 0) is 49.3 Å². The van der Waals surface area contributed by atoms with Gasteiger partial charge in [0.05, 0.1) is 5.56 Å². The van der Waals surface area contributed by atoms with E-state index < -0.39 is 17.2 Å². The van der Waals surface area contributed by atoms with Gasteiger partial charge in [-0.3, -0.25) is 9.36 Å². The van der Waals surface area contributed by atoms with Crippen molar-refractivity contribution in [1.82, 2.24) is 14.3 Å². The fourth-order valence-corrected chi connectivity index (χ4v) is 4.37. The van der Waals surface area contributed by atoms with Gasteiger partial charge >= 0.3 is 11.9 Å². The summed E-state index contributed by atoms with van der Waals surface area (Å²) in [6.07, 6.45) is -2.69. The van der Waals surface area contributed by atoms with Gasteiger partial charge in [-0.2, -0.15) is 13.2 Å². The molecule has 0 saturated heterocycles. The monoisotopic (exact) mass is 471 g/mol. The molecule has 4 rings (SSSR count). The molecule has 0 unspecified atom stereocenters. The van der Waals surface area contributed by atoms with Crippen LogP contribution in [0.15, 0.2) is 47.3 Å². The Morgan fingerprint density at radius 1 is 1.06 bits per heavy atom. The Kier molecular flexibility index (Phi) is 6.04. The largest absolute Gasteiger partial charge is 0.416 e. The van der Waals surface area contributed by atoms with Crippen LogP contribution in [0.2, 0.25) is 0 Å². The van der Waals surface area contributed by atoms with Crippen molar-refractivity contribution in [2.24, 2.45) is 0 Å². The Bertz CT molecular complexity index is 1300. The highest BCUT2D eigenvalue weighted by atomic mass is 19.4. The molecule has 1 aromatic heterocycles. The molecule has 0 bridgehead atoms. The number of carbonyl (C=O) groups excluding carboxylic acids is 1. The highest BCUT2D eigenvalue weighted by molar-refractivity contribution is 5.79. The first-order valence-electron chi connectivity index (χ1n) is 11.3. The van der Waals surface area contributed by atoms with E-state index in [1.165, 1.54) is 10.7 Å². The number of nitrogens with zero attached hydrogens (tertiary/aromatic N) is 3. The van der Waals surface area contributed by atoms with Crippen LogP contribution in [0.5, 0.6) is 0 Å². The highest BCUT2D eigenvalue weighted by Crippen LogP contribution is 2.37. The summed E-state index contributed by atoms with van der Waals surface area (Å²) in [5.74, 6) is 0.284. The molecule has 1 aliphatic rings. The molecule has 1 saturated carbocycles. The Hall–Kier alpha value is -3.16. The quantitative estimate of drug-likeness (QED) is 0.450. The standard InChI is InChI=1S/C26H28F3N3O2/c1-16-8-11-22(17(2)12-16)23-30-31(24(34)32(23)20-9-10-20)15-21(33)14-25(3,4)18-6-5-7-19(13-18)26(27,28)29/h5-8,11-13,20H,9-10,14-15H2,1-4H3. The molecule has 0 spiro atoms. The first-order valence-corrected chi connectivity index (χ1v) is 11.3. The van der Waals surface area contributed by atoms with Gasteiger partial charge in [0, 0.05) is 18.0 Å². The molecule has 0 radical (unpaired) electrons. The molecule has 0 amide bonds. The molecule has 1 heterocycles. The van der Waals surface area contributed by atoms with Crippen molar-refractivity contribution in [3.8, 4) is 11.4 Å². The number of aryl methyl sites for hydroxylation is 2. The first-order chi connectivity index (χ1) is 15.9. The second-order valence-electron chi connectivity index (χ2n) is 9.86. The van der Waals surface area contributed by atoms with Gasteiger partial charge in [0.1, 0.15) is 6.54 Å². The molecule has 8 heteroatoms. The maximum Gasteiger partial charge on any atom is 0.416 e. The van der Waals surface area contributed by atoms with Crippen LogP contribution in [0.1, 0.15) is 61.4 Å². The lowest BCUT2D eigenvalue weighted by molar-refractivity contribution is -0.137. The topological polar surface area (TPSA) is 56.9 Å². The van der Waals surface area contributed by atoms with E-state index in [1.807, 2.05) is 32.0 Å². The highest BCUT2D eigenvalue weighted by Gasteiger charge is 2.34. The summed E-state index contributed by atoms with van der Waals surface area (Å²) in [6, 6.07) is 11.0. The number of hydrogen-bond donors (Lipinski definition) is 0. The zero-order chi connectivity index (χ0) is 24.8. The van der Waals surface area contributed by atoms with Crippen LogP contribution in [0.25, 0.3) is 11.4 Å². The minimum Gasteiger partial charge on any atom is -0.298 e. The number of hydrogen-bond acceptors (Lipinski definition) is 3. The lowest BCUT2D eigenvalue weighted by Crippen LogP contribution is -2.30. The van der Waals surface area contributed by atoms with Crippen LogP contribution in [0.4, 0.5) is 13.2 Å². The van der Waals surface area contributed by atoms with Crippen molar-refractivity contribution in [3.05, 3.63) is 75.2 Å². The molecule has 5 nitrogen and oxygen atoms in total. The molecule has 180 valence electrons. The Morgan fingerprint density at radius 2 is 1.74 bits per heavy atom. The number of aromatic nitrogens is 3. The summed E-state index contributed by atoms with van der Waals surface area (Å²) in [4.78, 5) is 26.1. The van der Waals surface area contributed by atoms with Crippen LogP contribution in [-0.2, 0) is 22.9 Å². The number of carbonyl (C=O) groups is 1. The fourth-order valence-electron chi connectivity index (χ4n) is 4.37. The zero-order valence-electron chi connectivity index (χ0n) is 19.7. The summed E-state index contributed by atoms with van der Waals surface area (Å²) in [5.41, 5.74) is 1.46. The number of ketones is 1. The molecule has 0 atom stereocenters. The van der Waals surface area contributed by atoms with Gasteiger partial charge < -0.3 is 0 Å². The molecule has 3 aromatic rings. The van der Waals surface area contributed by atoms with E-state index in [0.29, 0.717) is 11.4 Å². The van der Waals surface area contributed by atoms with Crippen molar-refractivity contribution in [2.45, 2.75) is 71.1 Å². The van der Waals surface area contributed by atoms with E-state index in [4.69, 9.17) is 0 Å². The van der Waals surface area contributed by atoms with Crippen molar-refractivity contribution in [1.29, 1.82) is 0 Å². The third kappa shape index (κ3) is 4.86. The lowest BCUT2D eigenvalue weighted by Gasteiger charge is -2.25. The molecule has 2 aromatic carbocycles. The molecule has 0 aliphatic heterocycles. The summed E-state index contributed by atoms with van der Waals surface area (Å²) in [5, 5.41) is 4.52. The van der Waals surface area contributed by atoms with Crippen LogP contribution >= 0.6 is 0 Å². The van der Waals surface area contributed by atoms with Crippen LogP contribution < -0.4 is 5.69 Å². The van der Waals surface area contributed by atoms with E-state index >= 15 is 0 Å². The molecular formula is C26H28F3N3O2. The van der Waals surface area contributed by atoms with Crippen molar-refractivity contribution in [3.63, 3.8) is 0 Å². The van der Waals surface area contributed by atoms with Crippen LogP contribution in [0.3, 0.4) is 0 Å². The minimum atomic E-state index is -4.45. The van der Waals surface area contributed by atoms with Crippen molar-refractivity contribution >= 4 is 5.78 Å². The smallest absolute Gasteiger partial charge is 0.298 e. The SMILES string of the molecule is Cc1ccc(-c2nn(CC(=O)CC(C)(C)c3cccc(C(F)(F)F)c3)c(=O)n2C2CC2)c(C)c1. The maximum absolute atomic E-state index is 13.1. The van der Waals surface area contributed by atoms with Crippen LogP contribution in [0, 0.1) is 13.8 Å². The third-order valence-corrected chi connectivity index (χ3v) is 6.34. The second kappa shape index (κ2) is 8.56. The molecule has 0 N–H and O–H groups in total. The van der Waals surface area contributed by atoms with E-state index in [-0.39, 0.29) is 30.5 Å². The van der Waals surface area contributed by atoms with Crippen molar-refractivity contribution < 1.29 is 18.0 Å². The zero-order valence-corrected chi connectivity index (χ0v) is 19.7. The van der Waals surface area contributed by atoms with E-state index in [0.717, 1.165) is 41.7 Å². The minimum absolute atomic E-state index is 0.0179. The first kappa shape index (κ1) is 24.0. The number of alkyl halides is 3. The number of benzene rings is 2. The maximum atomic E-state index is 13.1. The molecule has 1 aliphatic carbocycles. The van der Waals surface area contributed by atoms with Gasteiger partial charge in [0.25, 0.3) is 0 Å².